The van der Waals surface area contributed by atoms with Gasteiger partial charge in [-0.2, -0.15) is 10.2 Å². The van der Waals surface area contributed by atoms with Crippen LogP contribution in [0.2, 0.25) is 0 Å². The molecule has 1 aromatic carbocycles. The number of rotatable bonds is 3. The Bertz CT molecular complexity index is 1050. The molecular formula is C17H12F3N5. The number of halogens is 3. The van der Waals surface area contributed by atoms with Crippen molar-refractivity contribution in [3.05, 3.63) is 60.2 Å². The minimum absolute atomic E-state index is 0.168. The SMILES string of the molecule is Cn1ccc(-c2cc(C(F)F)c3cnn(-c4ccc(F)cc4)c3n2)n1. The molecule has 0 unspecified atom stereocenters. The lowest BCUT2D eigenvalue weighted by Crippen LogP contribution is -2.00. The van der Waals surface area contributed by atoms with Crippen LogP contribution in [0.4, 0.5) is 13.2 Å². The number of pyridine rings is 1. The third kappa shape index (κ3) is 2.65. The van der Waals surface area contributed by atoms with E-state index in [4.69, 9.17) is 0 Å². The van der Waals surface area contributed by atoms with E-state index in [-0.39, 0.29) is 16.6 Å². The van der Waals surface area contributed by atoms with Gasteiger partial charge < -0.3 is 0 Å². The lowest BCUT2D eigenvalue weighted by Gasteiger charge is -2.07. The lowest BCUT2D eigenvalue weighted by atomic mass is 10.1. The van der Waals surface area contributed by atoms with Crippen LogP contribution in [0.5, 0.6) is 0 Å². The summed E-state index contributed by atoms with van der Waals surface area (Å²) in [6, 6.07) is 8.60. The predicted molar refractivity (Wildman–Crippen MR) is 86.0 cm³/mol. The van der Waals surface area contributed by atoms with E-state index < -0.39 is 12.2 Å². The second-order valence-electron chi connectivity index (χ2n) is 5.54. The van der Waals surface area contributed by atoms with E-state index in [1.165, 1.54) is 41.2 Å². The number of aromatic nitrogens is 5. The van der Waals surface area contributed by atoms with E-state index >= 15 is 0 Å². The first-order chi connectivity index (χ1) is 12.0. The second-order valence-corrected chi connectivity index (χ2v) is 5.54. The maximum atomic E-state index is 13.5. The molecular weight excluding hydrogens is 331 g/mol. The number of alkyl halides is 2. The van der Waals surface area contributed by atoms with E-state index in [0.29, 0.717) is 17.1 Å². The highest BCUT2D eigenvalue weighted by atomic mass is 19.3. The Hall–Kier alpha value is -3.16. The maximum absolute atomic E-state index is 13.5. The average Bonchev–Trinajstić information content (AvgIpc) is 3.21. The van der Waals surface area contributed by atoms with Crippen molar-refractivity contribution < 1.29 is 13.2 Å². The molecule has 0 spiro atoms. The number of aryl methyl sites for hydroxylation is 1. The van der Waals surface area contributed by atoms with Gasteiger partial charge in [-0.05, 0) is 36.4 Å². The van der Waals surface area contributed by atoms with E-state index in [2.05, 4.69) is 15.2 Å². The molecule has 4 rings (SSSR count). The first-order valence-corrected chi connectivity index (χ1v) is 7.46. The standard InChI is InChI=1S/C17H12F3N5/c1-24-7-6-14(23-24)15-8-12(16(19)20)13-9-21-25(17(13)22-15)11-4-2-10(18)3-5-11/h2-9,16H,1H3. The largest absolute Gasteiger partial charge is 0.275 e. The summed E-state index contributed by atoms with van der Waals surface area (Å²) in [7, 11) is 1.73. The maximum Gasteiger partial charge on any atom is 0.264 e. The van der Waals surface area contributed by atoms with Crippen LogP contribution in [-0.4, -0.2) is 24.5 Å². The molecule has 0 aliphatic rings. The van der Waals surface area contributed by atoms with Gasteiger partial charge in [-0.1, -0.05) is 0 Å². The molecule has 8 heteroatoms. The van der Waals surface area contributed by atoms with Crippen LogP contribution in [-0.2, 0) is 7.05 Å². The van der Waals surface area contributed by atoms with E-state index in [1.54, 1.807) is 24.0 Å². The quantitative estimate of drug-likeness (QED) is 0.567. The number of fused-ring (bicyclic) bond motifs is 1. The molecule has 0 N–H and O–H groups in total. The van der Waals surface area contributed by atoms with Gasteiger partial charge >= 0.3 is 0 Å². The van der Waals surface area contributed by atoms with E-state index in [0.717, 1.165) is 0 Å². The van der Waals surface area contributed by atoms with Gasteiger partial charge in [0, 0.05) is 24.2 Å². The molecule has 0 saturated carbocycles. The molecule has 0 saturated heterocycles. The van der Waals surface area contributed by atoms with Crippen LogP contribution in [0.3, 0.4) is 0 Å². The molecule has 5 nitrogen and oxygen atoms in total. The van der Waals surface area contributed by atoms with Crippen molar-refractivity contribution in [1.29, 1.82) is 0 Å². The van der Waals surface area contributed by atoms with Crippen LogP contribution in [0, 0.1) is 5.82 Å². The Balaban J connectivity index is 1.97. The molecule has 3 heterocycles. The van der Waals surface area contributed by atoms with Crippen molar-refractivity contribution in [1.82, 2.24) is 24.5 Å². The predicted octanol–water partition coefficient (Wildman–Crippen LogP) is 3.90. The third-order valence-corrected chi connectivity index (χ3v) is 3.86. The van der Waals surface area contributed by atoms with Crippen molar-refractivity contribution in [2.45, 2.75) is 6.43 Å². The van der Waals surface area contributed by atoms with Crippen molar-refractivity contribution in [3.8, 4) is 17.1 Å². The Labute approximate surface area is 140 Å². The van der Waals surface area contributed by atoms with E-state index in [1.807, 2.05) is 0 Å². The van der Waals surface area contributed by atoms with Crippen molar-refractivity contribution in [2.24, 2.45) is 7.05 Å². The van der Waals surface area contributed by atoms with Crippen molar-refractivity contribution in [3.63, 3.8) is 0 Å². The molecule has 25 heavy (non-hydrogen) atoms. The Kier molecular flexibility index (Phi) is 3.52. The van der Waals surface area contributed by atoms with Gasteiger partial charge in [0.2, 0.25) is 0 Å². The van der Waals surface area contributed by atoms with Gasteiger partial charge in [0.05, 0.1) is 17.6 Å². The lowest BCUT2D eigenvalue weighted by molar-refractivity contribution is 0.153. The highest BCUT2D eigenvalue weighted by Crippen LogP contribution is 2.31. The third-order valence-electron chi connectivity index (χ3n) is 3.86. The first-order valence-electron chi connectivity index (χ1n) is 7.46. The normalized spacial score (nSPS) is 11.6. The zero-order valence-corrected chi connectivity index (χ0v) is 13.1. The molecule has 4 aromatic rings. The second kappa shape index (κ2) is 5.73. The van der Waals surface area contributed by atoms with Crippen LogP contribution in [0.1, 0.15) is 12.0 Å². The fourth-order valence-electron chi connectivity index (χ4n) is 2.66. The van der Waals surface area contributed by atoms with Gasteiger partial charge in [-0.3, -0.25) is 4.68 Å². The highest BCUT2D eigenvalue weighted by Gasteiger charge is 2.19. The number of hydrogen-bond acceptors (Lipinski definition) is 3. The fraction of sp³-hybridized carbons (Fsp3) is 0.118. The zero-order chi connectivity index (χ0) is 17.6. The number of hydrogen-bond donors (Lipinski definition) is 0. The summed E-state index contributed by atoms with van der Waals surface area (Å²) in [5, 5.41) is 8.62. The summed E-state index contributed by atoms with van der Waals surface area (Å²) in [6.45, 7) is 0. The number of nitrogens with zero attached hydrogens (tertiary/aromatic N) is 5. The van der Waals surface area contributed by atoms with Crippen molar-refractivity contribution >= 4 is 11.0 Å². The topological polar surface area (TPSA) is 48.5 Å². The van der Waals surface area contributed by atoms with Gasteiger partial charge in [-0.15, -0.1) is 0 Å². The smallest absolute Gasteiger partial charge is 0.264 e. The molecule has 126 valence electrons. The van der Waals surface area contributed by atoms with Gasteiger partial charge in [0.1, 0.15) is 11.5 Å². The molecule has 0 amide bonds. The van der Waals surface area contributed by atoms with Crippen LogP contribution < -0.4 is 0 Å². The minimum Gasteiger partial charge on any atom is -0.275 e. The first kappa shape index (κ1) is 15.4. The molecule has 3 aromatic heterocycles. The van der Waals surface area contributed by atoms with Crippen molar-refractivity contribution in [2.75, 3.05) is 0 Å². The highest BCUT2D eigenvalue weighted by molar-refractivity contribution is 5.83. The van der Waals surface area contributed by atoms with Gasteiger partial charge in [0.15, 0.2) is 5.65 Å². The summed E-state index contributed by atoms with van der Waals surface area (Å²) in [5.74, 6) is -0.393. The summed E-state index contributed by atoms with van der Waals surface area (Å²) in [6.07, 6.45) is 0.370. The summed E-state index contributed by atoms with van der Waals surface area (Å²) < 4.78 is 43.2. The molecule has 0 radical (unpaired) electrons. The molecule has 0 aliphatic heterocycles. The zero-order valence-electron chi connectivity index (χ0n) is 13.1. The van der Waals surface area contributed by atoms with E-state index in [9.17, 15) is 13.2 Å². The number of benzene rings is 1. The Morgan fingerprint density at radius 2 is 1.80 bits per heavy atom. The Morgan fingerprint density at radius 3 is 2.44 bits per heavy atom. The minimum atomic E-state index is -2.68. The van der Waals surface area contributed by atoms with Crippen LogP contribution >= 0.6 is 0 Å². The Morgan fingerprint density at radius 1 is 1.04 bits per heavy atom. The molecule has 0 fully saturated rings. The summed E-state index contributed by atoms with van der Waals surface area (Å²) in [5.41, 5.74) is 1.44. The molecule has 0 bridgehead atoms. The summed E-state index contributed by atoms with van der Waals surface area (Å²) in [4.78, 5) is 4.46. The molecule has 0 aliphatic carbocycles. The monoisotopic (exact) mass is 343 g/mol. The summed E-state index contributed by atoms with van der Waals surface area (Å²) >= 11 is 0. The molecule has 0 atom stereocenters. The fourth-order valence-corrected chi connectivity index (χ4v) is 2.66. The van der Waals surface area contributed by atoms with Crippen LogP contribution in [0.15, 0.2) is 48.8 Å². The van der Waals surface area contributed by atoms with Gasteiger partial charge in [0.25, 0.3) is 6.43 Å². The average molecular weight is 343 g/mol. The van der Waals surface area contributed by atoms with Gasteiger partial charge in [-0.25, -0.2) is 22.8 Å². The van der Waals surface area contributed by atoms with Crippen LogP contribution in [0.25, 0.3) is 28.1 Å².